The number of ether oxygens (including phenoxy) is 1. The second kappa shape index (κ2) is 11.3. The van der Waals surface area contributed by atoms with E-state index in [1.165, 1.54) is 38.5 Å². The maximum atomic E-state index is 12.8. The first-order valence-corrected chi connectivity index (χ1v) is 11.6. The molecule has 0 spiro atoms. The minimum absolute atomic E-state index is 0.222. The van der Waals surface area contributed by atoms with Crippen molar-refractivity contribution in [1.29, 1.82) is 0 Å². The molecular weight excluding hydrogens is 418 g/mol. The second-order valence-electron chi connectivity index (χ2n) is 8.03. The summed E-state index contributed by atoms with van der Waals surface area (Å²) in [5.74, 6) is 1.48. The van der Waals surface area contributed by atoms with E-state index in [-0.39, 0.29) is 5.91 Å². The second-order valence-corrected chi connectivity index (χ2v) is 8.03. The van der Waals surface area contributed by atoms with E-state index >= 15 is 0 Å². The third-order valence-electron chi connectivity index (χ3n) is 5.50. The molecule has 0 bridgehead atoms. The van der Waals surface area contributed by atoms with Crippen LogP contribution in [0.4, 0.5) is 5.69 Å². The smallest absolute Gasteiger partial charge is 0.255 e. The topological polar surface area (TPSA) is 106 Å². The van der Waals surface area contributed by atoms with Crippen LogP contribution in [0.5, 0.6) is 5.75 Å². The fourth-order valence-electron chi connectivity index (χ4n) is 3.69. The number of hydrogen-bond donors (Lipinski definition) is 2. The third kappa shape index (κ3) is 5.97. The van der Waals surface area contributed by atoms with E-state index in [0.29, 0.717) is 35.0 Å². The summed E-state index contributed by atoms with van der Waals surface area (Å²) in [5, 5.41) is 17.4. The molecule has 0 aliphatic rings. The Morgan fingerprint density at radius 1 is 1.03 bits per heavy atom. The van der Waals surface area contributed by atoms with Crippen molar-refractivity contribution < 1.29 is 13.9 Å². The Kier molecular flexibility index (Phi) is 7.68. The van der Waals surface area contributed by atoms with Crippen molar-refractivity contribution in [3.05, 3.63) is 54.1 Å². The number of carbonyl (C=O) groups is 1. The van der Waals surface area contributed by atoms with Crippen molar-refractivity contribution in [2.45, 2.75) is 51.9 Å². The highest BCUT2D eigenvalue weighted by Crippen LogP contribution is 2.31. The summed E-state index contributed by atoms with van der Waals surface area (Å²) in [6.45, 7) is 2.93. The number of tetrazole rings is 1. The van der Waals surface area contributed by atoms with Gasteiger partial charge < -0.3 is 14.5 Å². The van der Waals surface area contributed by atoms with Crippen molar-refractivity contribution in [2.75, 3.05) is 11.9 Å². The highest BCUT2D eigenvalue weighted by Gasteiger charge is 2.14. The van der Waals surface area contributed by atoms with Crippen LogP contribution < -0.4 is 10.1 Å². The number of furan rings is 1. The third-order valence-corrected chi connectivity index (χ3v) is 5.50. The number of para-hydroxylation sites is 1. The van der Waals surface area contributed by atoms with Gasteiger partial charge in [0.2, 0.25) is 5.82 Å². The van der Waals surface area contributed by atoms with Gasteiger partial charge in [-0.25, -0.2) is 5.10 Å². The van der Waals surface area contributed by atoms with Crippen LogP contribution in [0.25, 0.3) is 22.6 Å². The summed E-state index contributed by atoms with van der Waals surface area (Å²) in [4.78, 5) is 12.8. The van der Waals surface area contributed by atoms with Gasteiger partial charge in [0.25, 0.3) is 5.91 Å². The number of amides is 1. The first-order valence-electron chi connectivity index (χ1n) is 11.6. The number of carbonyl (C=O) groups excluding carboxylic acids is 1. The molecule has 4 aromatic rings. The quantitative estimate of drug-likeness (QED) is 0.258. The number of nitrogens with one attached hydrogen (secondary N) is 2. The lowest BCUT2D eigenvalue weighted by atomic mass is 10.1. The SMILES string of the molecule is CCCCCCCCCOc1ccc(C(=O)Nc2cccc3cc(-c4nnn[nH]4)oc23)cc1. The summed E-state index contributed by atoms with van der Waals surface area (Å²) in [6, 6.07) is 14.6. The molecule has 0 saturated heterocycles. The zero-order valence-electron chi connectivity index (χ0n) is 18.8. The average Bonchev–Trinajstić information content (AvgIpc) is 3.51. The minimum atomic E-state index is -0.222. The Hall–Kier alpha value is -3.68. The van der Waals surface area contributed by atoms with Crippen molar-refractivity contribution in [3.8, 4) is 17.3 Å². The number of nitrogens with zero attached hydrogens (tertiary/aromatic N) is 3. The number of H-pyrrole nitrogens is 1. The summed E-state index contributed by atoms with van der Waals surface area (Å²) in [5.41, 5.74) is 1.68. The van der Waals surface area contributed by atoms with Gasteiger partial charge in [-0.15, -0.1) is 5.10 Å². The van der Waals surface area contributed by atoms with Crippen LogP contribution in [0.2, 0.25) is 0 Å². The molecule has 2 heterocycles. The normalized spacial score (nSPS) is 11.1. The number of anilines is 1. The first-order chi connectivity index (χ1) is 16.2. The molecule has 0 aliphatic carbocycles. The number of aromatic amines is 1. The zero-order chi connectivity index (χ0) is 22.9. The number of aromatic nitrogens is 4. The van der Waals surface area contributed by atoms with Gasteiger partial charge in [0.05, 0.1) is 12.3 Å². The Bertz CT molecular complexity index is 1150. The maximum Gasteiger partial charge on any atom is 0.255 e. The fraction of sp³-hybridized carbons (Fsp3) is 0.360. The van der Waals surface area contributed by atoms with Crippen molar-refractivity contribution in [2.24, 2.45) is 0 Å². The molecule has 4 rings (SSSR count). The molecule has 0 aliphatic heterocycles. The predicted molar refractivity (Wildman–Crippen MR) is 127 cm³/mol. The number of hydrogen-bond acceptors (Lipinski definition) is 6. The van der Waals surface area contributed by atoms with Gasteiger partial charge in [0.15, 0.2) is 11.3 Å². The van der Waals surface area contributed by atoms with Crippen molar-refractivity contribution >= 4 is 22.6 Å². The van der Waals surface area contributed by atoms with E-state index in [0.717, 1.165) is 17.6 Å². The molecule has 0 unspecified atom stereocenters. The van der Waals surface area contributed by atoms with E-state index in [1.54, 1.807) is 18.2 Å². The molecule has 0 fully saturated rings. The highest BCUT2D eigenvalue weighted by molar-refractivity contribution is 6.08. The van der Waals surface area contributed by atoms with Gasteiger partial charge in [0.1, 0.15) is 5.75 Å². The lowest BCUT2D eigenvalue weighted by Crippen LogP contribution is -2.11. The van der Waals surface area contributed by atoms with Crippen molar-refractivity contribution in [3.63, 3.8) is 0 Å². The standard InChI is InChI=1S/C25H29N5O3/c1-2-3-4-5-6-7-8-16-32-20-14-12-18(13-15-20)25(31)26-21-11-9-10-19-17-22(33-23(19)21)24-27-29-30-28-24/h9-15,17H,2-8,16H2,1H3,(H,26,31)(H,27,28,29,30). The molecule has 2 aromatic carbocycles. The van der Waals surface area contributed by atoms with E-state index < -0.39 is 0 Å². The number of rotatable bonds is 12. The zero-order valence-corrected chi connectivity index (χ0v) is 18.8. The molecule has 0 radical (unpaired) electrons. The molecule has 8 nitrogen and oxygen atoms in total. The number of unbranched alkanes of at least 4 members (excludes halogenated alkanes) is 6. The molecule has 172 valence electrons. The summed E-state index contributed by atoms with van der Waals surface area (Å²) >= 11 is 0. The lowest BCUT2D eigenvalue weighted by molar-refractivity contribution is 0.102. The van der Waals surface area contributed by atoms with Gasteiger partial charge in [-0.1, -0.05) is 57.6 Å². The fourth-order valence-corrected chi connectivity index (χ4v) is 3.69. The number of benzene rings is 2. The molecule has 8 heteroatoms. The molecule has 2 N–H and O–H groups in total. The van der Waals surface area contributed by atoms with Crippen LogP contribution in [-0.2, 0) is 0 Å². The van der Waals surface area contributed by atoms with Crippen molar-refractivity contribution in [1.82, 2.24) is 20.6 Å². The van der Waals surface area contributed by atoms with Gasteiger partial charge >= 0.3 is 0 Å². The minimum Gasteiger partial charge on any atom is -0.494 e. The molecular formula is C25H29N5O3. The van der Waals surface area contributed by atoms with Crippen LogP contribution in [0.15, 0.2) is 52.9 Å². The summed E-state index contributed by atoms with van der Waals surface area (Å²) in [6.07, 6.45) is 8.75. The Morgan fingerprint density at radius 3 is 2.58 bits per heavy atom. The van der Waals surface area contributed by atoms with E-state index in [9.17, 15) is 4.79 Å². The molecule has 2 aromatic heterocycles. The number of fused-ring (bicyclic) bond motifs is 1. The highest BCUT2D eigenvalue weighted by atomic mass is 16.5. The van der Waals surface area contributed by atoms with Gasteiger partial charge in [-0.2, -0.15) is 0 Å². The van der Waals surface area contributed by atoms with Crippen LogP contribution >= 0.6 is 0 Å². The molecule has 0 atom stereocenters. The van der Waals surface area contributed by atoms with Gasteiger partial charge in [0, 0.05) is 10.9 Å². The Morgan fingerprint density at radius 2 is 1.82 bits per heavy atom. The largest absolute Gasteiger partial charge is 0.494 e. The van der Waals surface area contributed by atoms with Crippen LogP contribution in [0.1, 0.15) is 62.2 Å². The monoisotopic (exact) mass is 447 g/mol. The van der Waals surface area contributed by atoms with Crippen LogP contribution in [0.3, 0.4) is 0 Å². The van der Waals surface area contributed by atoms with E-state index in [1.807, 2.05) is 30.3 Å². The summed E-state index contributed by atoms with van der Waals surface area (Å²) in [7, 11) is 0. The van der Waals surface area contributed by atoms with Crippen LogP contribution in [-0.4, -0.2) is 33.1 Å². The Balaban J connectivity index is 1.30. The average molecular weight is 448 g/mol. The van der Waals surface area contributed by atoms with Gasteiger partial charge in [-0.05, 0) is 53.2 Å². The molecule has 0 saturated carbocycles. The van der Waals surface area contributed by atoms with E-state index in [4.69, 9.17) is 9.15 Å². The predicted octanol–water partition coefficient (Wildman–Crippen LogP) is 5.99. The lowest BCUT2D eigenvalue weighted by Gasteiger charge is -2.08. The van der Waals surface area contributed by atoms with E-state index in [2.05, 4.69) is 32.9 Å². The van der Waals surface area contributed by atoms with Crippen LogP contribution in [0, 0.1) is 0 Å². The molecule has 1 amide bonds. The van der Waals surface area contributed by atoms with Gasteiger partial charge in [-0.3, -0.25) is 4.79 Å². The Labute approximate surface area is 192 Å². The first kappa shape index (κ1) is 22.5. The maximum absolute atomic E-state index is 12.8. The molecule has 33 heavy (non-hydrogen) atoms. The summed E-state index contributed by atoms with van der Waals surface area (Å²) < 4.78 is 11.7.